The quantitative estimate of drug-likeness (QED) is 0.801. The summed E-state index contributed by atoms with van der Waals surface area (Å²) >= 11 is 0. The number of ketones is 1. The Labute approximate surface area is 106 Å². The molecule has 0 bridgehead atoms. The Balaban J connectivity index is 2.27. The van der Waals surface area contributed by atoms with Crippen LogP contribution in [0.1, 0.15) is 15.9 Å². The van der Waals surface area contributed by atoms with Gasteiger partial charge in [0, 0.05) is 23.5 Å². The maximum Gasteiger partial charge on any atom is 0.573 e. The third-order valence-electron chi connectivity index (χ3n) is 2.25. The number of carbonyl (C=O) groups excluding carboxylic acids is 1. The molecule has 0 spiro atoms. The molecule has 98 valence electrons. The highest BCUT2D eigenvalue weighted by Crippen LogP contribution is 2.24. The van der Waals surface area contributed by atoms with E-state index in [1.54, 1.807) is 6.07 Å². The molecule has 0 fully saturated rings. The number of carbonyl (C=O) groups is 1. The van der Waals surface area contributed by atoms with E-state index >= 15 is 0 Å². The van der Waals surface area contributed by atoms with Crippen LogP contribution < -0.4 is 4.74 Å². The first kappa shape index (κ1) is 13.1. The van der Waals surface area contributed by atoms with Gasteiger partial charge < -0.3 is 4.74 Å². The van der Waals surface area contributed by atoms with Gasteiger partial charge in [-0.3, -0.25) is 9.78 Å². The molecule has 0 aliphatic carbocycles. The molecule has 2 aromatic rings. The van der Waals surface area contributed by atoms with Gasteiger partial charge in [0.1, 0.15) is 5.75 Å². The number of halogens is 3. The van der Waals surface area contributed by atoms with E-state index in [4.69, 9.17) is 0 Å². The Kier molecular flexibility index (Phi) is 3.50. The number of ether oxygens (including phenoxy) is 1. The average Bonchev–Trinajstić information content (AvgIpc) is 2.37. The van der Waals surface area contributed by atoms with Crippen LogP contribution in [0, 0.1) is 0 Å². The molecule has 0 N–H and O–H groups in total. The summed E-state index contributed by atoms with van der Waals surface area (Å²) in [5, 5.41) is 0. The molecule has 0 aliphatic heterocycles. The first-order chi connectivity index (χ1) is 8.96. The highest BCUT2D eigenvalue weighted by Gasteiger charge is 2.31. The Hall–Kier alpha value is -2.37. The highest BCUT2D eigenvalue weighted by atomic mass is 19.4. The van der Waals surface area contributed by atoms with E-state index in [0.29, 0.717) is 5.56 Å². The zero-order chi connectivity index (χ0) is 13.9. The molecule has 1 aromatic carbocycles. The topological polar surface area (TPSA) is 39.2 Å². The number of hydrogen-bond acceptors (Lipinski definition) is 3. The second kappa shape index (κ2) is 5.09. The molecule has 0 saturated carbocycles. The van der Waals surface area contributed by atoms with Crippen LogP contribution in [0.2, 0.25) is 0 Å². The van der Waals surface area contributed by atoms with Crippen molar-refractivity contribution in [1.82, 2.24) is 4.98 Å². The minimum absolute atomic E-state index is 0.106. The normalized spacial score (nSPS) is 11.1. The number of aromatic nitrogens is 1. The van der Waals surface area contributed by atoms with Gasteiger partial charge in [0.15, 0.2) is 5.78 Å². The second-order valence-electron chi connectivity index (χ2n) is 3.65. The lowest BCUT2D eigenvalue weighted by molar-refractivity contribution is -0.274. The first-order valence-corrected chi connectivity index (χ1v) is 5.26. The van der Waals surface area contributed by atoms with E-state index in [1.807, 2.05) is 0 Å². The molecule has 0 amide bonds. The van der Waals surface area contributed by atoms with Gasteiger partial charge in [0.2, 0.25) is 0 Å². The number of pyridine rings is 1. The molecule has 0 aliphatic rings. The Bertz CT molecular complexity index is 582. The van der Waals surface area contributed by atoms with Crippen molar-refractivity contribution < 1.29 is 22.7 Å². The molecule has 0 atom stereocenters. The van der Waals surface area contributed by atoms with Gasteiger partial charge in [0.25, 0.3) is 0 Å². The van der Waals surface area contributed by atoms with Crippen LogP contribution in [0.4, 0.5) is 13.2 Å². The summed E-state index contributed by atoms with van der Waals surface area (Å²) in [6.45, 7) is 0. The van der Waals surface area contributed by atoms with Crippen LogP contribution in [0.25, 0.3) is 0 Å². The lowest BCUT2D eigenvalue weighted by Gasteiger charge is -2.09. The molecule has 6 heteroatoms. The van der Waals surface area contributed by atoms with Gasteiger partial charge in [-0.25, -0.2) is 0 Å². The molecule has 1 heterocycles. The first-order valence-electron chi connectivity index (χ1n) is 5.26. The molecular formula is C13H8F3NO2. The predicted octanol–water partition coefficient (Wildman–Crippen LogP) is 3.21. The van der Waals surface area contributed by atoms with Crippen molar-refractivity contribution in [1.29, 1.82) is 0 Å². The lowest BCUT2D eigenvalue weighted by atomic mass is 10.1. The van der Waals surface area contributed by atoms with Crippen molar-refractivity contribution in [3.63, 3.8) is 0 Å². The number of hydrogen-bond donors (Lipinski definition) is 0. The Morgan fingerprint density at radius 1 is 1.11 bits per heavy atom. The summed E-state index contributed by atoms with van der Waals surface area (Å²) in [5.74, 6) is -0.844. The van der Waals surface area contributed by atoms with Crippen molar-refractivity contribution in [3.05, 3.63) is 59.9 Å². The van der Waals surface area contributed by atoms with Crippen molar-refractivity contribution in [3.8, 4) is 5.75 Å². The summed E-state index contributed by atoms with van der Waals surface area (Å²) < 4.78 is 40.0. The summed E-state index contributed by atoms with van der Waals surface area (Å²) in [6.07, 6.45) is -1.93. The second-order valence-corrected chi connectivity index (χ2v) is 3.65. The average molecular weight is 267 g/mol. The van der Waals surface area contributed by atoms with Crippen LogP contribution in [0.3, 0.4) is 0 Å². The van der Waals surface area contributed by atoms with Crippen molar-refractivity contribution in [2.75, 3.05) is 0 Å². The maximum atomic E-state index is 12.1. The van der Waals surface area contributed by atoms with E-state index in [9.17, 15) is 18.0 Å². The largest absolute Gasteiger partial charge is 0.573 e. The van der Waals surface area contributed by atoms with Crippen LogP contribution in [-0.4, -0.2) is 17.1 Å². The van der Waals surface area contributed by atoms with Gasteiger partial charge in [-0.15, -0.1) is 13.2 Å². The molecule has 0 radical (unpaired) electrons. The zero-order valence-electron chi connectivity index (χ0n) is 9.52. The Morgan fingerprint density at radius 2 is 1.84 bits per heavy atom. The van der Waals surface area contributed by atoms with E-state index < -0.39 is 17.9 Å². The van der Waals surface area contributed by atoms with E-state index in [2.05, 4.69) is 9.72 Å². The van der Waals surface area contributed by atoms with E-state index in [1.165, 1.54) is 30.6 Å². The number of alkyl halides is 3. The van der Waals surface area contributed by atoms with Crippen molar-refractivity contribution >= 4 is 5.78 Å². The van der Waals surface area contributed by atoms with Gasteiger partial charge in [-0.05, 0) is 24.3 Å². The van der Waals surface area contributed by atoms with Gasteiger partial charge in [0.05, 0.1) is 0 Å². The number of nitrogens with zero attached hydrogens (tertiary/aromatic N) is 1. The molecule has 1 aromatic heterocycles. The van der Waals surface area contributed by atoms with Crippen LogP contribution >= 0.6 is 0 Å². The van der Waals surface area contributed by atoms with Crippen molar-refractivity contribution in [2.45, 2.75) is 6.36 Å². The van der Waals surface area contributed by atoms with Crippen LogP contribution in [0.15, 0.2) is 48.8 Å². The zero-order valence-corrected chi connectivity index (χ0v) is 9.52. The lowest BCUT2D eigenvalue weighted by Crippen LogP contribution is -2.17. The molecule has 0 saturated heterocycles. The Morgan fingerprint density at radius 3 is 2.47 bits per heavy atom. The number of benzene rings is 1. The summed E-state index contributed by atoms with van der Waals surface area (Å²) in [5.41, 5.74) is 0.404. The minimum atomic E-state index is -4.78. The fraction of sp³-hybridized carbons (Fsp3) is 0.0769. The third kappa shape index (κ3) is 3.54. The SMILES string of the molecule is O=C(c1cccnc1)c1cccc(OC(F)(F)F)c1. The highest BCUT2D eigenvalue weighted by molar-refractivity contribution is 6.08. The molecule has 19 heavy (non-hydrogen) atoms. The van der Waals surface area contributed by atoms with Crippen LogP contribution in [0.5, 0.6) is 5.75 Å². The maximum absolute atomic E-state index is 12.1. The van der Waals surface area contributed by atoms with Gasteiger partial charge >= 0.3 is 6.36 Å². The van der Waals surface area contributed by atoms with E-state index in [0.717, 1.165) is 12.1 Å². The molecule has 0 unspecified atom stereocenters. The summed E-state index contributed by atoms with van der Waals surface area (Å²) in [7, 11) is 0. The molecular weight excluding hydrogens is 259 g/mol. The third-order valence-corrected chi connectivity index (χ3v) is 2.25. The molecule has 3 nitrogen and oxygen atoms in total. The molecule has 2 rings (SSSR count). The fourth-order valence-corrected chi connectivity index (χ4v) is 1.50. The number of rotatable bonds is 3. The standard InChI is InChI=1S/C13H8F3NO2/c14-13(15,16)19-11-5-1-3-9(7-11)12(18)10-4-2-6-17-8-10/h1-8H. The summed E-state index contributed by atoms with van der Waals surface area (Å²) in [6, 6.07) is 8.02. The fourth-order valence-electron chi connectivity index (χ4n) is 1.50. The monoisotopic (exact) mass is 267 g/mol. The van der Waals surface area contributed by atoms with Gasteiger partial charge in [-0.2, -0.15) is 0 Å². The predicted molar refractivity (Wildman–Crippen MR) is 60.8 cm³/mol. The van der Waals surface area contributed by atoms with Gasteiger partial charge in [-0.1, -0.05) is 12.1 Å². The van der Waals surface area contributed by atoms with Crippen LogP contribution in [-0.2, 0) is 0 Å². The van der Waals surface area contributed by atoms with E-state index in [-0.39, 0.29) is 5.56 Å². The van der Waals surface area contributed by atoms with Crippen molar-refractivity contribution in [2.24, 2.45) is 0 Å². The smallest absolute Gasteiger partial charge is 0.406 e. The summed E-state index contributed by atoms with van der Waals surface area (Å²) in [4.78, 5) is 15.8. The minimum Gasteiger partial charge on any atom is -0.406 e.